The van der Waals surface area contributed by atoms with Crippen LogP contribution >= 0.6 is 0 Å². The number of amides is 1. The molecule has 0 saturated carbocycles. The molecule has 3 rings (SSSR count). The van der Waals surface area contributed by atoms with Gasteiger partial charge in [-0.3, -0.25) is 14.5 Å². The lowest BCUT2D eigenvalue weighted by Crippen LogP contribution is -2.47. The molecule has 1 atom stereocenters. The molecule has 9 heteroatoms. The minimum absolute atomic E-state index is 0.0238. The number of ether oxygens (including phenoxy) is 1. The zero-order valence-corrected chi connectivity index (χ0v) is 20.5. The van der Waals surface area contributed by atoms with Gasteiger partial charge in [0.05, 0.1) is 4.90 Å². The van der Waals surface area contributed by atoms with Gasteiger partial charge in [0.15, 0.2) is 6.61 Å². The Balaban J connectivity index is 1.44. The first kappa shape index (κ1) is 25.9. The van der Waals surface area contributed by atoms with Crippen LogP contribution < -0.4 is 10.0 Å². The van der Waals surface area contributed by atoms with Crippen LogP contribution in [0, 0.1) is 5.92 Å². The Morgan fingerprint density at radius 3 is 2.18 bits per heavy atom. The summed E-state index contributed by atoms with van der Waals surface area (Å²) in [4.78, 5) is 27.3. The van der Waals surface area contributed by atoms with Gasteiger partial charge in [-0.2, -0.15) is 4.72 Å². The molecule has 0 aromatic heterocycles. The van der Waals surface area contributed by atoms with Crippen LogP contribution in [0.4, 0.5) is 0 Å². The summed E-state index contributed by atoms with van der Waals surface area (Å²) < 4.78 is 32.7. The highest BCUT2D eigenvalue weighted by Crippen LogP contribution is 2.15. The summed E-state index contributed by atoms with van der Waals surface area (Å²) in [5, 5.41) is 2.92. The molecule has 1 fully saturated rings. The van der Waals surface area contributed by atoms with Gasteiger partial charge in [-0.05, 0) is 36.5 Å². The molecule has 0 unspecified atom stereocenters. The third-order valence-corrected chi connectivity index (χ3v) is 7.26. The van der Waals surface area contributed by atoms with E-state index >= 15 is 0 Å². The molecule has 2 aromatic rings. The first-order valence-corrected chi connectivity index (χ1v) is 13.0. The van der Waals surface area contributed by atoms with Gasteiger partial charge in [-0.25, -0.2) is 8.42 Å². The molecular weight excluding hydrogens is 454 g/mol. The summed E-state index contributed by atoms with van der Waals surface area (Å²) in [6, 6.07) is 17.0. The Kier molecular flexibility index (Phi) is 9.20. The van der Waals surface area contributed by atoms with E-state index < -0.39 is 28.6 Å². The van der Waals surface area contributed by atoms with E-state index in [0.717, 1.165) is 32.5 Å². The SMILES string of the molecule is CC(C)[C@H](NS(=O)(=O)c1ccccc1)C(=O)OCC(=O)NC1CCN(Cc2ccccc2)CC1. The predicted molar refractivity (Wildman–Crippen MR) is 129 cm³/mol. The van der Waals surface area contributed by atoms with E-state index in [1.807, 2.05) is 18.2 Å². The maximum Gasteiger partial charge on any atom is 0.324 e. The Morgan fingerprint density at radius 2 is 1.59 bits per heavy atom. The summed E-state index contributed by atoms with van der Waals surface area (Å²) in [6.07, 6.45) is 1.63. The number of carbonyl (C=O) groups is 2. The number of hydrogen-bond donors (Lipinski definition) is 2. The van der Waals surface area contributed by atoms with Gasteiger partial charge in [0.25, 0.3) is 5.91 Å². The second-order valence-corrected chi connectivity index (χ2v) is 10.6. The number of rotatable bonds is 10. The van der Waals surface area contributed by atoms with Crippen molar-refractivity contribution in [3.05, 3.63) is 66.2 Å². The maximum absolute atomic E-state index is 12.6. The Morgan fingerprint density at radius 1 is 1.00 bits per heavy atom. The second-order valence-electron chi connectivity index (χ2n) is 8.87. The molecular formula is C25H33N3O5S. The zero-order chi connectivity index (χ0) is 24.6. The lowest BCUT2D eigenvalue weighted by atomic mass is 10.0. The number of carbonyl (C=O) groups excluding carboxylic acids is 2. The number of piperidine rings is 1. The summed E-state index contributed by atoms with van der Waals surface area (Å²) in [5.74, 6) is -1.52. The Labute approximate surface area is 201 Å². The molecule has 0 radical (unpaired) electrons. The van der Waals surface area contributed by atoms with Crippen molar-refractivity contribution in [1.29, 1.82) is 0 Å². The molecule has 1 heterocycles. The molecule has 184 valence electrons. The molecule has 0 aliphatic carbocycles. The lowest BCUT2D eigenvalue weighted by molar-refractivity contribution is -0.151. The van der Waals surface area contributed by atoms with Gasteiger partial charge in [-0.15, -0.1) is 0 Å². The first-order valence-electron chi connectivity index (χ1n) is 11.5. The minimum Gasteiger partial charge on any atom is -0.454 e. The van der Waals surface area contributed by atoms with E-state index in [0.29, 0.717) is 0 Å². The minimum atomic E-state index is -3.89. The predicted octanol–water partition coefficient (Wildman–Crippen LogP) is 2.31. The highest BCUT2D eigenvalue weighted by Gasteiger charge is 2.30. The molecule has 0 spiro atoms. The van der Waals surface area contributed by atoms with Gasteiger partial charge in [-0.1, -0.05) is 62.4 Å². The number of nitrogens with zero attached hydrogens (tertiary/aromatic N) is 1. The van der Waals surface area contributed by atoms with E-state index in [2.05, 4.69) is 27.1 Å². The molecule has 2 N–H and O–H groups in total. The van der Waals surface area contributed by atoms with Gasteiger partial charge >= 0.3 is 5.97 Å². The van der Waals surface area contributed by atoms with Crippen LogP contribution in [-0.4, -0.2) is 57.0 Å². The quantitative estimate of drug-likeness (QED) is 0.499. The number of sulfonamides is 1. The third-order valence-electron chi connectivity index (χ3n) is 5.80. The normalized spacial score (nSPS) is 16.2. The Bertz CT molecular complexity index is 1040. The summed E-state index contributed by atoms with van der Waals surface area (Å²) in [7, 11) is -3.89. The number of likely N-dealkylation sites (tertiary alicyclic amines) is 1. The van der Waals surface area contributed by atoms with Gasteiger partial charge in [0.1, 0.15) is 6.04 Å². The lowest BCUT2D eigenvalue weighted by Gasteiger charge is -2.32. The highest BCUT2D eigenvalue weighted by atomic mass is 32.2. The van der Waals surface area contributed by atoms with E-state index in [9.17, 15) is 18.0 Å². The molecule has 1 aliphatic rings. The fraction of sp³-hybridized carbons (Fsp3) is 0.440. The molecule has 0 bridgehead atoms. The van der Waals surface area contributed by atoms with Crippen molar-refractivity contribution in [3.8, 4) is 0 Å². The van der Waals surface area contributed by atoms with Gasteiger partial charge in [0, 0.05) is 25.7 Å². The van der Waals surface area contributed by atoms with Crippen LogP contribution in [0.25, 0.3) is 0 Å². The number of nitrogens with one attached hydrogen (secondary N) is 2. The van der Waals surface area contributed by atoms with Crippen LogP contribution in [-0.2, 0) is 30.9 Å². The van der Waals surface area contributed by atoms with Crippen LogP contribution in [0.15, 0.2) is 65.6 Å². The second kappa shape index (κ2) is 12.1. The van der Waals surface area contributed by atoms with Gasteiger partial charge in [0.2, 0.25) is 10.0 Å². The summed E-state index contributed by atoms with van der Waals surface area (Å²) in [6.45, 7) is 5.60. The van der Waals surface area contributed by atoms with Crippen molar-refractivity contribution in [2.24, 2.45) is 5.92 Å². The van der Waals surface area contributed by atoms with Crippen LogP contribution in [0.3, 0.4) is 0 Å². The van der Waals surface area contributed by atoms with Crippen molar-refractivity contribution in [3.63, 3.8) is 0 Å². The first-order chi connectivity index (χ1) is 16.2. The molecule has 1 aliphatic heterocycles. The van der Waals surface area contributed by atoms with Crippen LogP contribution in [0.1, 0.15) is 32.3 Å². The average molecular weight is 488 g/mol. The smallest absolute Gasteiger partial charge is 0.324 e. The standard InChI is InChI=1S/C25H33N3O5S/c1-19(2)24(27-34(31,32)22-11-7-4-8-12-22)25(30)33-18-23(29)26-21-13-15-28(16-14-21)17-20-9-5-3-6-10-20/h3-12,19,21,24,27H,13-18H2,1-2H3,(H,26,29)/t24-/m0/s1. The molecule has 1 saturated heterocycles. The number of benzene rings is 2. The van der Waals surface area contributed by atoms with Crippen molar-refractivity contribution >= 4 is 21.9 Å². The molecule has 34 heavy (non-hydrogen) atoms. The molecule has 8 nitrogen and oxygen atoms in total. The van der Waals surface area contributed by atoms with Crippen molar-refractivity contribution in [1.82, 2.24) is 14.9 Å². The van der Waals surface area contributed by atoms with Crippen molar-refractivity contribution in [2.45, 2.75) is 50.2 Å². The van der Waals surface area contributed by atoms with E-state index in [-0.39, 0.29) is 22.8 Å². The fourth-order valence-corrected chi connectivity index (χ4v) is 5.22. The maximum atomic E-state index is 12.6. The summed E-state index contributed by atoms with van der Waals surface area (Å²) in [5.41, 5.74) is 1.26. The van der Waals surface area contributed by atoms with E-state index in [4.69, 9.17) is 4.74 Å². The van der Waals surface area contributed by atoms with Crippen LogP contribution in [0.5, 0.6) is 0 Å². The fourth-order valence-electron chi connectivity index (χ4n) is 3.86. The average Bonchev–Trinajstić information content (AvgIpc) is 2.83. The molecule has 1 amide bonds. The van der Waals surface area contributed by atoms with Gasteiger partial charge < -0.3 is 10.1 Å². The number of esters is 1. The monoisotopic (exact) mass is 487 g/mol. The number of hydrogen-bond acceptors (Lipinski definition) is 6. The zero-order valence-electron chi connectivity index (χ0n) is 19.6. The third kappa shape index (κ3) is 7.65. The summed E-state index contributed by atoms with van der Waals surface area (Å²) >= 11 is 0. The van der Waals surface area contributed by atoms with Crippen molar-refractivity contribution in [2.75, 3.05) is 19.7 Å². The topological polar surface area (TPSA) is 105 Å². The Hall–Kier alpha value is -2.75. The largest absolute Gasteiger partial charge is 0.454 e. The van der Waals surface area contributed by atoms with E-state index in [1.165, 1.54) is 17.7 Å². The van der Waals surface area contributed by atoms with E-state index in [1.54, 1.807) is 32.0 Å². The highest BCUT2D eigenvalue weighted by molar-refractivity contribution is 7.89. The molecule has 2 aromatic carbocycles. The van der Waals surface area contributed by atoms with Crippen molar-refractivity contribution < 1.29 is 22.7 Å². The van der Waals surface area contributed by atoms with Crippen LogP contribution in [0.2, 0.25) is 0 Å².